The van der Waals surface area contributed by atoms with Crippen molar-refractivity contribution in [1.82, 2.24) is 10.3 Å². The summed E-state index contributed by atoms with van der Waals surface area (Å²) in [7, 11) is 0. The van der Waals surface area contributed by atoms with Crippen molar-refractivity contribution in [3.63, 3.8) is 0 Å². The molecule has 0 bridgehead atoms. The van der Waals surface area contributed by atoms with Gasteiger partial charge in [-0.05, 0) is 37.3 Å². The smallest absolute Gasteiger partial charge is 0.220 e. The Kier molecular flexibility index (Phi) is 5.33. The zero-order valence-corrected chi connectivity index (χ0v) is 11.3. The van der Waals surface area contributed by atoms with Gasteiger partial charge in [-0.3, -0.25) is 9.78 Å². The van der Waals surface area contributed by atoms with Gasteiger partial charge in [-0.2, -0.15) is 0 Å². The summed E-state index contributed by atoms with van der Waals surface area (Å²) in [5.41, 5.74) is 6.74. The summed E-state index contributed by atoms with van der Waals surface area (Å²) in [6.07, 6.45) is 7.87. The summed E-state index contributed by atoms with van der Waals surface area (Å²) in [4.78, 5) is 16.2. The molecular weight excluding hydrogens is 238 g/mol. The van der Waals surface area contributed by atoms with Crippen LogP contribution in [-0.4, -0.2) is 23.5 Å². The summed E-state index contributed by atoms with van der Waals surface area (Å²) in [6, 6.07) is 5.93. The number of hydrogen-bond acceptors (Lipinski definition) is 3. The molecule has 1 heterocycles. The van der Waals surface area contributed by atoms with Gasteiger partial charge in [0.25, 0.3) is 0 Å². The fourth-order valence-corrected chi connectivity index (χ4v) is 2.80. The number of nitrogens with zero attached hydrogens (tertiary/aromatic N) is 1. The Morgan fingerprint density at radius 2 is 2.21 bits per heavy atom. The topological polar surface area (TPSA) is 68.0 Å². The third kappa shape index (κ3) is 4.31. The molecule has 1 unspecified atom stereocenters. The average Bonchev–Trinajstić information content (AvgIpc) is 2.97. The van der Waals surface area contributed by atoms with Crippen molar-refractivity contribution >= 4 is 5.91 Å². The highest BCUT2D eigenvalue weighted by Gasteiger charge is 2.24. The molecule has 0 spiro atoms. The highest BCUT2D eigenvalue weighted by Crippen LogP contribution is 2.27. The number of rotatable bonds is 6. The lowest BCUT2D eigenvalue weighted by molar-refractivity contribution is -0.122. The number of pyridine rings is 1. The van der Waals surface area contributed by atoms with Crippen LogP contribution in [0, 0.1) is 5.92 Å². The first kappa shape index (κ1) is 14.0. The number of carbonyl (C=O) groups is 1. The van der Waals surface area contributed by atoms with Crippen LogP contribution in [-0.2, 0) is 11.2 Å². The summed E-state index contributed by atoms with van der Waals surface area (Å²) < 4.78 is 0. The van der Waals surface area contributed by atoms with Crippen molar-refractivity contribution < 1.29 is 4.79 Å². The molecule has 4 heteroatoms. The van der Waals surface area contributed by atoms with E-state index in [1.54, 1.807) is 6.20 Å². The lowest BCUT2D eigenvalue weighted by Gasteiger charge is -2.23. The van der Waals surface area contributed by atoms with Crippen molar-refractivity contribution in [2.24, 2.45) is 11.7 Å². The van der Waals surface area contributed by atoms with Crippen molar-refractivity contribution in [2.75, 3.05) is 6.54 Å². The minimum atomic E-state index is 0.0907. The predicted octanol–water partition coefficient (Wildman–Crippen LogP) is 1.65. The maximum atomic E-state index is 11.9. The number of nitrogens with one attached hydrogen (secondary N) is 1. The quantitative estimate of drug-likeness (QED) is 0.818. The molecule has 1 amide bonds. The van der Waals surface area contributed by atoms with Gasteiger partial charge < -0.3 is 11.1 Å². The van der Waals surface area contributed by atoms with Crippen LogP contribution < -0.4 is 11.1 Å². The van der Waals surface area contributed by atoms with E-state index in [2.05, 4.69) is 10.3 Å². The number of hydrogen-bond donors (Lipinski definition) is 2. The van der Waals surface area contributed by atoms with E-state index in [1.165, 1.54) is 25.7 Å². The van der Waals surface area contributed by atoms with Gasteiger partial charge in [0.1, 0.15) is 0 Å². The monoisotopic (exact) mass is 261 g/mol. The highest BCUT2D eigenvalue weighted by molar-refractivity contribution is 5.76. The van der Waals surface area contributed by atoms with Gasteiger partial charge in [0, 0.05) is 30.9 Å². The molecule has 104 valence electrons. The lowest BCUT2D eigenvalue weighted by atomic mass is 9.98. The fraction of sp³-hybridized carbons (Fsp3) is 0.600. The average molecular weight is 261 g/mol. The van der Waals surface area contributed by atoms with E-state index in [4.69, 9.17) is 5.73 Å². The van der Waals surface area contributed by atoms with Crippen molar-refractivity contribution in [1.29, 1.82) is 0 Å². The molecule has 0 radical (unpaired) electrons. The number of nitrogens with two attached hydrogens (primary N) is 1. The number of aryl methyl sites for hydroxylation is 1. The van der Waals surface area contributed by atoms with Crippen molar-refractivity contribution in [2.45, 2.75) is 44.6 Å². The van der Waals surface area contributed by atoms with E-state index < -0.39 is 0 Å². The standard InChI is InChI=1S/C15H23N3O/c16-11-14(12-5-1-2-6-12)18-15(19)9-8-13-7-3-4-10-17-13/h3-4,7,10,12,14H,1-2,5-6,8-9,11,16H2,(H,18,19). The molecule has 0 aliphatic heterocycles. The van der Waals surface area contributed by atoms with Crippen LogP contribution in [0.2, 0.25) is 0 Å². The zero-order valence-electron chi connectivity index (χ0n) is 11.3. The molecule has 1 aliphatic carbocycles. The van der Waals surface area contributed by atoms with E-state index >= 15 is 0 Å². The van der Waals surface area contributed by atoms with Crippen LogP contribution in [0.1, 0.15) is 37.8 Å². The SMILES string of the molecule is NCC(NC(=O)CCc1ccccn1)C1CCCC1. The number of aromatic nitrogens is 1. The van der Waals surface area contributed by atoms with E-state index in [-0.39, 0.29) is 11.9 Å². The maximum Gasteiger partial charge on any atom is 0.220 e. The van der Waals surface area contributed by atoms with Gasteiger partial charge in [-0.15, -0.1) is 0 Å². The first-order valence-corrected chi connectivity index (χ1v) is 7.19. The van der Waals surface area contributed by atoms with Crippen molar-refractivity contribution in [3.8, 4) is 0 Å². The van der Waals surface area contributed by atoms with E-state index in [9.17, 15) is 4.79 Å². The molecule has 2 rings (SSSR count). The Hall–Kier alpha value is -1.42. The van der Waals surface area contributed by atoms with Gasteiger partial charge in [0.15, 0.2) is 0 Å². The summed E-state index contributed by atoms with van der Waals surface area (Å²) in [5.74, 6) is 0.664. The van der Waals surface area contributed by atoms with Crippen LogP contribution in [0.15, 0.2) is 24.4 Å². The number of amides is 1. The summed E-state index contributed by atoms with van der Waals surface area (Å²) >= 11 is 0. The molecule has 1 aliphatic rings. The summed E-state index contributed by atoms with van der Waals surface area (Å²) in [6.45, 7) is 0.542. The third-order valence-corrected chi connectivity index (χ3v) is 3.90. The predicted molar refractivity (Wildman–Crippen MR) is 75.5 cm³/mol. The van der Waals surface area contributed by atoms with Crippen LogP contribution in [0.3, 0.4) is 0 Å². The highest BCUT2D eigenvalue weighted by atomic mass is 16.1. The van der Waals surface area contributed by atoms with Crippen LogP contribution in [0.25, 0.3) is 0 Å². The molecule has 0 saturated heterocycles. The second-order valence-electron chi connectivity index (χ2n) is 5.28. The lowest BCUT2D eigenvalue weighted by Crippen LogP contribution is -2.44. The Morgan fingerprint density at radius 3 is 2.84 bits per heavy atom. The molecule has 1 fully saturated rings. The molecular formula is C15H23N3O. The Morgan fingerprint density at radius 1 is 1.42 bits per heavy atom. The molecule has 0 aromatic carbocycles. The maximum absolute atomic E-state index is 11.9. The van der Waals surface area contributed by atoms with E-state index in [0.29, 0.717) is 25.3 Å². The van der Waals surface area contributed by atoms with Crippen LogP contribution in [0.4, 0.5) is 0 Å². The van der Waals surface area contributed by atoms with Gasteiger partial charge in [-0.25, -0.2) is 0 Å². The largest absolute Gasteiger partial charge is 0.352 e. The molecule has 19 heavy (non-hydrogen) atoms. The minimum absolute atomic E-state index is 0.0907. The van der Waals surface area contributed by atoms with Gasteiger partial charge >= 0.3 is 0 Å². The Labute approximate surface area is 114 Å². The first-order valence-electron chi connectivity index (χ1n) is 7.19. The Bertz CT molecular complexity index is 388. The molecule has 3 N–H and O–H groups in total. The third-order valence-electron chi connectivity index (χ3n) is 3.90. The Balaban J connectivity index is 1.76. The zero-order chi connectivity index (χ0) is 13.5. The first-order chi connectivity index (χ1) is 9.29. The second-order valence-corrected chi connectivity index (χ2v) is 5.28. The molecule has 1 saturated carbocycles. The van der Waals surface area contributed by atoms with Crippen molar-refractivity contribution in [3.05, 3.63) is 30.1 Å². The normalized spacial score (nSPS) is 17.3. The van der Waals surface area contributed by atoms with E-state index in [1.807, 2.05) is 18.2 Å². The van der Waals surface area contributed by atoms with Crippen LogP contribution >= 0.6 is 0 Å². The van der Waals surface area contributed by atoms with Gasteiger partial charge in [0.05, 0.1) is 0 Å². The number of carbonyl (C=O) groups excluding carboxylic acids is 1. The summed E-state index contributed by atoms with van der Waals surface area (Å²) in [5, 5.41) is 3.09. The minimum Gasteiger partial charge on any atom is -0.352 e. The molecule has 1 aromatic rings. The molecule has 4 nitrogen and oxygen atoms in total. The molecule has 1 aromatic heterocycles. The molecule has 1 atom stereocenters. The van der Waals surface area contributed by atoms with E-state index in [0.717, 1.165) is 5.69 Å². The fourth-order valence-electron chi connectivity index (χ4n) is 2.80. The second kappa shape index (κ2) is 7.24. The van der Waals surface area contributed by atoms with Gasteiger partial charge in [-0.1, -0.05) is 18.9 Å². The van der Waals surface area contributed by atoms with Crippen LogP contribution in [0.5, 0.6) is 0 Å². The van der Waals surface area contributed by atoms with Gasteiger partial charge in [0.2, 0.25) is 5.91 Å².